The summed E-state index contributed by atoms with van der Waals surface area (Å²) in [6.07, 6.45) is 0. The first-order chi connectivity index (χ1) is 27.8. The van der Waals surface area contributed by atoms with Gasteiger partial charge in [0, 0.05) is 10.8 Å². The van der Waals surface area contributed by atoms with Crippen molar-refractivity contribution >= 4 is 54.3 Å². The molecule has 0 saturated heterocycles. The topological polar surface area (TPSA) is 13.1 Å². The molecule has 1 aromatic heterocycles. The molecule has 258 valence electrons. The molecule has 1 heteroatoms. The summed E-state index contributed by atoms with van der Waals surface area (Å²) in [7, 11) is 0. The second-order valence-electron chi connectivity index (χ2n) is 15.5. The van der Waals surface area contributed by atoms with Crippen LogP contribution in [0.15, 0.2) is 199 Å². The Kier molecular flexibility index (Phi) is 5.89. The van der Waals surface area contributed by atoms with E-state index in [-0.39, 0.29) is 0 Å². The van der Waals surface area contributed by atoms with E-state index >= 15 is 0 Å². The van der Waals surface area contributed by atoms with Gasteiger partial charge < -0.3 is 4.42 Å². The predicted octanol–water partition coefficient (Wildman–Crippen LogP) is 14.7. The number of rotatable bonds is 2. The third-order valence-electron chi connectivity index (χ3n) is 12.8. The Hall–Kier alpha value is -7.22. The first kappa shape index (κ1) is 30.1. The molecule has 1 spiro atoms. The minimum atomic E-state index is -0.525. The van der Waals surface area contributed by atoms with E-state index in [2.05, 4.69) is 194 Å². The summed E-state index contributed by atoms with van der Waals surface area (Å²) in [6.45, 7) is 0. The molecule has 1 heterocycles. The lowest BCUT2D eigenvalue weighted by atomic mass is 9.69. The average Bonchev–Trinajstić information content (AvgIpc) is 3.88. The van der Waals surface area contributed by atoms with E-state index in [4.69, 9.17) is 4.42 Å². The second-order valence-corrected chi connectivity index (χ2v) is 15.5. The zero-order valence-corrected chi connectivity index (χ0v) is 30.4. The van der Waals surface area contributed by atoms with Crippen molar-refractivity contribution in [3.8, 4) is 44.5 Å². The molecule has 10 aromatic carbocycles. The number of furan rings is 1. The van der Waals surface area contributed by atoms with E-state index in [0.29, 0.717) is 0 Å². The van der Waals surface area contributed by atoms with Gasteiger partial charge in [-0.3, -0.25) is 0 Å². The van der Waals surface area contributed by atoms with Crippen LogP contribution < -0.4 is 0 Å². The van der Waals surface area contributed by atoms with Crippen LogP contribution in [0.2, 0.25) is 0 Å². The zero-order valence-electron chi connectivity index (χ0n) is 30.4. The Bertz CT molecular complexity index is 3440. The zero-order chi connectivity index (χ0) is 36.5. The molecule has 11 aromatic rings. The normalized spacial score (nSPS) is 13.5. The van der Waals surface area contributed by atoms with Crippen molar-refractivity contribution < 1.29 is 4.42 Å². The Morgan fingerprint density at radius 3 is 1.73 bits per heavy atom. The maximum Gasteiger partial charge on any atom is 0.136 e. The number of hydrogen-bond donors (Lipinski definition) is 0. The summed E-state index contributed by atoms with van der Waals surface area (Å²) < 4.78 is 6.66. The molecule has 0 radical (unpaired) electrons. The van der Waals surface area contributed by atoms with Gasteiger partial charge in [-0.25, -0.2) is 0 Å². The maximum atomic E-state index is 6.66. The molecule has 56 heavy (non-hydrogen) atoms. The number of fused-ring (bicyclic) bond motifs is 17. The highest BCUT2D eigenvalue weighted by Crippen LogP contribution is 2.66. The van der Waals surface area contributed by atoms with Gasteiger partial charge in [0.25, 0.3) is 0 Å². The Labute approximate surface area is 323 Å². The Morgan fingerprint density at radius 2 is 0.946 bits per heavy atom. The molecule has 0 fully saturated rings. The Balaban J connectivity index is 1.22. The fourth-order valence-corrected chi connectivity index (χ4v) is 10.5. The molecule has 0 saturated carbocycles. The second kappa shape index (κ2) is 10.9. The van der Waals surface area contributed by atoms with Crippen molar-refractivity contribution in [2.45, 2.75) is 5.41 Å². The standard InChI is InChI=1S/C55H32O/c1-2-14-35-28-38(25-24-33(35)12-1)45-30-39(40-20-11-23-50-53(40)46-29-36-15-3-4-16-37(36)32-51(46)56-50)31-49-52(45)44-27-26-34-13-5-6-17-41(34)54(44)55(49)47-21-9-7-18-42(47)43-19-8-10-22-48(43)55/h1-32H. The van der Waals surface area contributed by atoms with Gasteiger partial charge in [-0.1, -0.05) is 158 Å². The van der Waals surface area contributed by atoms with Crippen molar-refractivity contribution in [1.29, 1.82) is 0 Å². The van der Waals surface area contributed by atoms with Gasteiger partial charge in [-0.05, 0) is 135 Å². The molecule has 2 aliphatic rings. The van der Waals surface area contributed by atoms with Crippen LogP contribution in [0.1, 0.15) is 22.3 Å². The summed E-state index contributed by atoms with van der Waals surface area (Å²) in [5, 5.41) is 9.73. The molecule has 0 amide bonds. The highest BCUT2D eigenvalue weighted by atomic mass is 16.3. The van der Waals surface area contributed by atoms with Crippen molar-refractivity contribution in [3.63, 3.8) is 0 Å². The van der Waals surface area contributed by atoms with Crippen LogP contribution in [0.4, 0.5) is 0 Å². The first-order valence-corrected chi connectivity index (χ1v) is 19.5. The average molecular weight is 709 g/mol. The van der Waals surface area contributed by atoms with E-state index in [9.17, 15) is 0 Å². The van der Waals surface area contributed by atoms with Gasteiger partial charge in [0.1, 0.15) is 11.2 Å². The molecule has 2 aliphatic carbocycles. The lowest BCUT2D eigenvalue weighted by Crippen LogP contribution is -2.26. The van der Waals surface area contributed by atoms with Crippen molar-refractivity contribution in [2.24, 2.45) is 0 Å². The highest BCUT2D eigenvalue weighted by molar-refractivity contribution is 6.16. The third kappa shape index (κ3) is 3.84. The van der Waals surface area contributed by atoms with Crippen LogP contribution in [0.5, 0.6) is 0 Å². The quantitative estimate of drug-likeness (QED) is 0.174. The fraction of sp³-hybridized carbons (Fsp3) is 0.0182. The molecule has 0 unspecified atom stereocenters. The third-order valence-corrected chi connectivity index (χ3v) is 12.8. The molecule has 1 nitrogen and oxygen atoms in total. The fourth-order valence-electron chi connectivity index (χ4n) is 10.5. The largest absolute Gasteiger partial charge is 0.456 e. The lowest BCUT2D eigenvalue weighted by Gasteiger charge is -2.32. The van der Waals surface area contributed by atoms with Crippen LogP contribution in [-0.4, -0.2) is 0 Å². The van der Waals surface area contributed by atoms with Crippen molar-refractivity contribution in [3.05, 3.63) is 216 Å². The van der Waals surface area contributed by atoms with Crippen LogP contribution in [0.25, 0.3) is 98.8 Å². The molecule has 0 N–H and O–H groups in total. The van der Waals surface area contributed by atoms with Crippen molar-refractivity contribution in [1.82, 2.24) is 0 Å². The summed E-state index contributed by atoms with van der Waals surface area (Å²) >= 11 is 0. The lowest BCUT2D eigenvalue weighted by molar-refractivity contribution is 0.669. The molecular formula is C55H32O. The van der Waals surface area contributed by atoms with Crippen LogP contribution in [0, 0.1) is 0 Å². The summed E-state index contributed by atoms with van der Waals surface area (Å²) in [4.78, 5) is 0. The summed E-state index contributed by atoms with van der Waals surface area (Å²) in [6, 6.07) is 72.3. The van der Waals surface area contributed by atoms with Gasteiger partial charge in [-0.2, -0.15) is 0 Å². The predicted molar refractivity (Wildman–Crippen MR) is 233 cm³/mol. The van der Waals surface area contributed by atoms with Crippen LogP contribution in [0.3, 0.4) is 0 Å². The minimum Gasteiger partial charge on any atom is -0.456 e. The van der Waals surface area contributed by atoms with Gasteiger partial charge >= 0.3 is 0 Å². The SMILES string of the molecule is c1ccc2c(c1)-c1ccccc1C21c2cc(-c3cccc4oc5cc6ccccc6cc5c34)cc(-c3ccc4ccccc4c3)c2-c2ccc3ccccc3c21. The number of benzene rings is 10. The highest BCUT2D eigenvalue weighted by Gasteiger charge is 2.53. The van der Waals surface area contributed by atoms with Crippen LogP contribution >= 0.6 is 0 Å². The van der Waals surface area contributed by atoms with Crippen LogP contribution in [-0.2, 0) is 5.41 Å². The van der Waals surface area contributed by atoms with E-state index in [1.165, 1.54) is 99.1 Å². The monoisotopic (exact) mass is 708 g/mol. The molecule has 13 rings (SSSR count). The van der Waals surface area contributed by atoms with E-state index < -0.39 is 5.41 Å². The summed E-state index contributed by atoms with van der Waals surface area (Å²) in [5.41, 5.74) is 16.7. The van der Waals surface area contributed by atoms with E-state index in [0.717, 1.165) is 21.9 Å². The van der Waals surface area contributed by atoms with Gasteiger partial charge in [0.05, 0.1) is 5.41 Å². The smallest absolute Gasteiger partial charge is 0.136 e. The molecule has 0 bridgehead atoms. The summed E-state index contributed by atoms with van der Waals surface area (Å²) in [5.74, 6) is 0. The molecule has 0 atom stereocenters. The van der Waals surface area contributed by atoms with Gasteiger partial charge in [0.2, 0.25) is 0 Å². The van der Waals surface area contributed by atoms with E-state index in [1.807, 2.05) is 0 Å². The molecular weight excluding hydrogens is 677 g/mol. The number of hydrogen-bond acceptors (Lipinski definition) is 1. The maximum absolute atomic E-state index is 6.66. The van der Waals surface area contributed by atoms with Gasteiger partial charge in [0.15, 0.2) is 0 Å². The molecule has 0 aliphatic heterocycles. The minimum absolute atomic E-state index is 0.525. The van der Waals surface area contributed by atoms with Gasteiger partial charge in [-0.15, -0.1) is 0 Å². The van der Waals surface area contributed by atoms with E-state index in [1.54, 1.807) is 0 Å². The first-order valence-electron chi connectivity index (χ1n) is 19.5. The van der Waals surface area contributed by atoms with Crippen molar-refractivity contribution in [2.75, 3.05) is 0 Å². The Morgan fingerprint density at radius 1 is 0.321 bits per heavy atom.